The summed E-state index contributed by atoms with van der Waals surface area (Å²) in [4.78, 5) is 11.1. The molecule has 0 radical (unpaired) electrons. The van der Waals surface area contributed by atoms with Crippen molar-refractivity contribution in [3.63, 3.8) is 0 Å². The van der Waals surface area contributed by atoms with Crippen molar-refractivity contribution in [2.75, 3.05) is 36.4 Å². The van der Waals surface area contributed by atoms with Crippen LogP contribution in [0, 0.1) is 0 Å². The first-order chi connectivity index (χ1) is 10.3. The third kappa shape index (κ3) is 4.47. The van der Waals surface area contributed by atoms with Crippen LogP contribution >= 0.6 is 24.0 Å². The van der Waals surface area contributed by atoms with Gasteiger partial charge in [0.1, 0.15) is 5.82 Å². The van der Waals surface area contributed by atoms with Crippen LogP contribution in [0.25, 0.3) is 0 Å². The van der Waals surface area contributed by atoms with Crippen LogP contribution in [0.3, 0.4) is 0 Å². The Balaban J connectivity index is 0.00000176. The third-order valence-corrected chi connectivity index (χ3v) is 3.66. The molecule has 0 amide bonds. The van der Waals surface area contributed by atoms with Gasteiger partial charge in [-0.1, -0.05) is 23.7 Å². The fourth-order valence-corrected chi connectivity index (χ4v) is 2.55. The lowest BCUT2D eigenvalue weighted by Crippen LogP contribution is -2.43. The fourth-order valence-electron chi connectivity index (χ4n) is 2.33. The summed E-state index contributed by atoms with van der Waals surface area (Å²) in [6.45, 7) is 4.60. The molecule has 0 saturated carbocycles. The minimum atomic E-state index is 0. The molecule has 1 aliphatic rings. The van der Waals surface area contributed by atoms with E-state index in [0.717, 1.165) is 42.6 Å². The van der Waals surface area contributed by atoms with Gasteiger partial charge in [-0.25, -0.2) is 4.98 Å². The zero-order chi connectivity index (χ0) is 14.5. The van der Waals surface area contributed by atoms with E-state index < -0.39 is 0 Å². The SMILES string of the molecule is Cl.Clc1cccc(CNc2nccc(N3CCNCC3)n2)c1. The summed E-state index contributed by atoms with van der Waals surface area (Å²) in [7, 11) is 0. The van der Waals surface area contributed by atoms with Crippen molar-refractivity contribution in [2.45, 2.75) is 6.54 Å². The average Bonchev–Trinajstić information content (AvgIpc) is 2.54. The topological polar surface area (TPSA) is 53.1 Å². The van der Waals surface area contributed by atoms with Crippen LogP contribution in [0.5, 0.6) is 0 Å². The molecule has 2 aromatic rings. The zero-order valence-electron chi connectivity index (χ0n) is 12.1. The van der Waals surface area contributed by atoms with Crippen LogP contribution < -0.4 is 15.5 Å². The lowest BCUT2D eigenvalue weighted by atomic mass is 10.2. The van der Waals surface area contributed by atoms with E-state index in [4.69, 9.17) is 11.6 Å². The molecule has 1 aliphatic heterocycles. The van der Waals surface area contributed by atoms with Gasteiger partial charge in [-0.05, 0) is 23.8 Å². The van der Waals surface area contributed by atoms with Crippen LogP contribution in [0.2, 0.25) is 5.02 Å². The van der Waals surface area contributed by atoms with E-state index in [9.17, 15) is 0 Å². The molecule has 5 nitrogen and oxygen atoms in total. The number of hydrogen-bond donors (Lipinski definition) is 2. The summed E-state index contributed by atoms with van der Waals surface area (Å²) < 4.78 is 0. The Hall–Kier alpha value is -1.56. The molecule has 2 N–H and O–H groups in total. The van der Waals surface area contributed by atoms with E-state index in [-0.39, 0.29) is 12.4 Å². The molecular weight excluding hydrogens is 321 g/mol. The van der Waals surface area contributed by atoms with Gasteiger partial charge in [-0.2, -0.15) is 4.98 Å². The minimum Gasteiger partial charge on any atom is -0.354 e. The number of piperazine rings is 1. The van der Waals surface area contributed by atoms with E-state index in [1.807, 2.05) is 30.3 Å². The Morgan fingerprint density at radius 1 is 1.23 bits per heavy atom. The van der Waals surface area contributed by atoms with Gasteiger partial charge in [-0.15, -0.1) is 12.4 Å². The van der Waals surface area contributed by atoms with Gasteiger partial charge in [0.05, 0.1) is 0 Å². The number of rotatable bonds is 4. The van der Waals surface area contributed by atoms with Crippen molar-refractivity contribution >= 4 is 35.8 Å². The van der Waals surface area contributed by atoms with Crippen molar-refractivity contribution < 1.29 is 0 Å². The van der Waals surface area contributed by atoms with Crippen LogP contribution in [0.4, 0.5) is 11.8 Å². The molecule has 0 aliphatic carbocycles. The molecular formula is C15H19Cl2N5. The molecule has 1 aromatic heterocycles. The Bertz CT molecular complexity index is 602. The predicted molar refractivity (Wildman–Crippen MR) is 93.1 cm³/mol. The van der Waals surface area contributed by atoms with Crippen molar-refractivity contribution in [3.8, 4) is 0 Å². The quantitative estimate of drug-likeness (QED) is 0.896. The van der Waals surface area contributed by atoms with Crippen LogP contribution in [0.1, 0.15) is 5.56 Å². The second kappa shape index (κ2) is 8.17. The average molecular weight is 340 g/mol. The van der Waals surface area contributed by atoms with Gasteiger partial charge >= 0.3 is 0 Å². The molecule has 0 bridgehead atoms. The lowest BCUT2D eigenvalue weighted by molar-refractivity contribution is 0.584. The summed E-state index contributed by atoms with van der Waals surface area (Å²) in [5.74, 6) is 1.62. The first kappa shape index (κ1) is 16.8. The summed E-state index contributed by atoms with van der Waals surface area (Å²) in [5, 5.41) is 7.32. The normalized spacial score (nSPS) is 14.3. The molecule has 0 spiro atoms. The maximum atomic E-state index is 5.98. The lowest BCUT2D eigenvalue weighted by Gasteiger charge is -2.28. The molecule has 118 valence electrons. The van der Waals surface area contributed by atoms with Gasteiger partial charge in [-0.3, -0.25) is 0 Å². The first-order valence-electron chi connectivity index (χ1n) is 7.08. The van der Waals surface area contributed by atoms with Crippen molar-refractivity contribution in [1.82, 2.24) is 15.3 Å². The Labute approximate surface area is 141 Å². The van der Waals surface area contributed by atoms with Gasteiger partial charge in [0.15, 0.2) is 0 Å². The van der Waals surface area contributed by atoms with Crippen LogP contribution in [-0.4, -0.2) is 36.1 Å². The van der Waals surface area contributed by atoms with Crippen molar-refractivity contribution in [3.05, 3.63) is 47.1 Å². The predicted octanol–water partition coefficient (Wildman–Crippen LogP) is 2.57. The second-order valence-electron chi connectivity index (χ2n) is 4.96. The number of anilines is 2. The standard InChI is InChI=1S/C15H18ClN5.ClH/c16-13-3-1-2-12(10-13)11-19-15-18-5-4-14(20-15)21-8-6-17-7-9-21;/h1-5,10,17H,6-9,11H2,(H,18,19,20);1H. The molecule has 1 aromatic carbocycles. The van der Waals surface area contributed by atoms with Gasteiger partial charge in [0.25, 0.3) is 0 Å². The highest BCUT2D eigenvalue weighted by Crippen LogP contribution is 2.14. The Morgan fingerprint density at radius 3 is 2.82 bits per heavy atom. The van der Waals surface area contributed by atoms with E-state index in [2.05, 4.69) is 25.5 Å². The van der Waals surface area contributed by atoms with Gasteiger partial charge in [0, 0.05) is 43.9 Å². The molecule has 2 heterocycles. The third-order valence-electron chi connectivity index (χ3n) is 3.42. The summed E-state index contributed by atoms with van der Waals surface area (Å²) in [6.07, 6.45) is 1.80. The highest BCUT2D eigenvalue weighted by Gasteiger charge is 2.12. The van der Waals surface area contributed by atoms with Crippen LogP contribution in [0.15, 0.2) is 36.5 Å². The molecule has 0 unspecified atom stereocenters. The summed E-state index contributed by atoms with van der Waals surface area (Å²) >= 11 is 5.98. The van der Waals surface area contributed by atoms with E-state index in [1.165, 1.54) is 0 Å². The zero-order valence-corrected chi connectivity index (χ0v) is 13.7. The van der Waals surface area contributed by atoms with Crippen molar-refractivity contribution in [2.24, 2.45) is 0 Å². The highest BCUT2D eigenvalue weighted by molar-refractivity contribution is 6.30. The molecule has 3 rings (SSSR count). The number of hydrogen-bond acceptors (Lipinski definition) is 5. The molecule has 1 saturated heterocycles. The first-order valence-corrected chi connectivity index (χ1v) is 7.46. The maximum Gasteiger partial charge on any atom is 0.224 e. The number of nitrogens with one attached hydrogen (secondary N) is 2. The monoisotopic (exact) mass is 339 g/mol. The maximum absolute atomic E-state index is 5.98. The highest BCUT2D eigenvalue weighted by atomic mass is 35.5. The molecule has 0 atom stereocenters. The number of aromatic nitrogens is 2. The fraction of sp³-hybridized carbons (Fsp3) is 0.333. The smallest absolute Gasteiger partial charge is 0.224 e. The molecule has 7 heteroatoms. The van der Waals surface area contributed by atoms with Crippen LogP contribution in [-0.2, 0) is 6.54 Å². The second-order valence-corrected chi connectivity index (χ2v) is 5.40. The van der Waals surface area contributed by atoms with Gasteiger partial charge < -0.3 is 15.5 Å². The summed E-state index contributed by atoms with van der Waals surface area (Å²) in [6, 6.07) is 9.73. The number of halogens is 2. The van der Waals surface area contributed by atoms with E-state index in [1.54, 1.807) is 6.20 Å². The summed E-state index contributed by atoms with van der Waals surface area (Å²) in [5.41, 5.74) is 1.11. The largest absolute Gasteiger partial charge is 0.354 e. The van der Waals surface area contributed by atoms with Gasteiger partial charge in [0.2, 0.25) is 5.95 Å². The number of nitrogens with zero attached hydrogens (tertiary/aromatic N) is 3. The molecule has 1 fully saturated rings. The van der Waals surface area contributed by atoms with E-state index >= 15 is 0 Å². The van der Waals surface area contributed by atoms with E-state index in [0.29, 0.717) is 12.5 Å². The number of benzene rings is 1. The van der Waals surface area contributed by atoms with Crippen molar-refractivity contribution in [1.29, 1.82) is 0 Å². The molecule has 22 heavy (non-hydrogen) atoms. The minimum absolute atomic E-state index is 0. The Morgan fingerprint density at radius 2 is 2.05 bits per heavy atom. The Kier molecular flexibility index (Phi) is 6.24.